The van der Waals surface area contributed by atoms with Gasteiger partial charge in [-0.05, 0) is 19.8 Å². The first kappa shape index (κ1) is 7.79. The molecule has 4 heteroatoms. The summed E-state index contributed by atoms with van der Waals surface area (Å²) in [5, 5.41) is 14.7. The summed E-state index contributed by atoms with van der Waals surface area (Å²) < 4.78 is 1.98. The Kier molecular flexibility index (Phi) is 1.37. The predicted octanol–water partition coefficient (Wildman–Crippen LogP) is 1.78. The van der Waals surface area contributed by atoms with E-state index in [1.165, 1.54) is 19.0 Å². The fraction of sp³-hybridized carbons (Fsp3) is 0.400. The molecule has 0 unspecified atom stereocenters. The van der Waals surface area contributed by atoms with E-state index in [9.17, 15) is 5.11 Å². The second-order valence-electron chi connectivity index (χ2n) is 3.81. The molecule has 2 heterocycles. The quantitative estimate of drug-likeness (QED) is 0.743. The molecule has 4 nitrogen and oxygen atoms in total. The van der Waals surface area contributed by atoms with Crippen LogP contribution in [0.1, 0.15) is 24.6 Å². The Morgan fingerprint density at radius 3 is 2.93 bits per heavy atom. The molecule has 0 spiro atoms. The highest BCUT2D eigenvalue weighted by molar-refractivity contribution is 5.86. The van der Waals surface area contributed by atoms with Crippen molar-refractivity contribution in [2.45, 2.75) is 25.8 Å². The van der Waals surface area contributed by atoms with Crippen molar-refractivity contribution in [3.05, 3.63) is 18.1 Å². The van der Waals surface area contributed by atoms with E-state index in [4.69, 9.17) is 0 Å². The smallest absolute Gasteiger partial charge is 0.144 e. The Morgan fingerprint density at radius 1 is 1.43 bits per heavy atom. The maximum absolute atomic E-state index is 9.60. The van der Waals surface area contributed by atoms with Crippen LogP contribution >= 0.6 is 0 Å². The van der Waals surface area contributed by atoms with Gasteiger partial charge in [0.2, 0.25) is 0 Å². The molecular weight excluding hydrogens is 178 g/mol. The van der Waals surface area contributed by atoms with E-state index < -0.39 is 0 Å². The molecule has 1 aliphatic rings. The molecule has 0 aromatic carbocycles. The lowest BCUT2D eigenvalue weighted by molar-refractivity contribution is 0.479. The van der Waals surface area contributed by atoms with Crippen molar-refractivity contribution in [3.63, 3.8) is 0 Å². The monoisotopic (exact) mass is 189 g/mol. The average molecular weight is 189 g/mol. The maximum atomic E-state index is 9.60. The van der Waals surface area contributed by atoms with E-state index in [-0.39, 0.29) is 5.75 Å². The van der Waals surface area contributed by atoms with E-state index >= 15 is 0 Å². The topological polar surface area (TPSA) is 50.9 Å². The summed E-state index contributed by atoms with van der Waals surface area (Å²) in [6.07, 6.45) is 5.58. The summed E-state index contributed by atoms with van der Waals surface area (Å²) in [6, 6.07) is 0.523. The number of pyridine rings is 1. The van der Waals surface area contributed by atoms with Crippen LogP contribution in [0, 0.1) is 6.92 Å². The van der Waals surface area contributed by atoms with Crippen molar-refractivity contribution < 1.29 is 5.11 Å². The second kappa shape index (κ2) is 2.47. The minimum Gasteiger partial charge on any atom is -0.506 e. The van der Waals surface area contributed by atoms with E-state index in [0.717, 1.165) is 16.6 Å². The lowest BCUT2D eigenvalue weighted by atomic mass is 10.2. The third-order valence-electron chi connectivity index (χ3n) is 2.69. The van der Waals surface area contributed by atoms with Gasteiger partial charge in [-0.1, -0.05) is 0 Å². The standard InChI is InChI=1S/C10H11N3O/c1-6-10-8(9(14)5-11-6)4-12-13(10)7-2-3-7/h4-5,7,14H,2-3H2,1H3. The number of hydrogen-bond donors (Lipinski definition) is 1. The first-order valence-corrected chi connectivity index (χ1v) is 4.79. The Morgan fingerprint density at radius 2 is 2.21 bits per heavy atom. The molecule has 1 fully saturated rings. The van der Waals surface area contributed by atoms with Crippen molar-refractivity contribution in [1.29, 1.82) is 0 Å². The van der Waals surface area contributed by atoms with Crippen molar-refractivity contribution in [2.24, 2.45) is 0 Å². The molecule has 0 saturated heterocycles. The Labute approximate surface area is 81.2 Å². The van der Waals surface area contributed by atoms with Gasteiger partial charge < -0.3 is 5.11 Å². The van der Waals surface area contributed by atoms with Crippen LogP contribution in [0.5, 0.6) is 5.75 Å². The minimum atomic E-state index is 0.220. The number of aryl methyl sites for hydroxylation is 1. The van der Waals surface area contributed by atoms with Crippen LogP contribution in [0.2, 0.25) is 0 Å². The van der Waals surface area contributed by atoms with Gasteiger partial charge in [0.15, 0.2) is 0 Å². The van der Waals surface area contributed by atoms with E-state index in [1.54, 1.807) is 6.20 Å². The highest BCUT2D eigenvalue weighted by Crippen LogP contribution is 2.38. The molecule has 0 aliphatic heterocycles. The lowest BCUT2D eigenvalue weighted by Crippen LogP contribution is -1.97. The SMILES string of the molecule is Cc1ncc(O)c2cnn(C3CC3)c12. The number of hydrogen-bond acceptors (Lipinski definition) is 3. The van der Waals surface area contributed by atoms with E-state index in [0.29, 0.717) is 6.04 Å². The van der Waals surface area contributed by atoms with Crippen molar-refractivity contribution in [2.75, 3.05) is 0 Å². The average Bonchev–Trinajstić information content (AvgIpc) is 2.91. The highest BCUT2D eigenvalue weighted by Gasteiger charge is 2.27. The van der Waals surface area contributed by atoms with Crippen molar-refractivity contribution in [3.8, 4) is 5.75 Å². The molecule has 0 amide bonds. The molecule has 72 valence electrons. The van der Waals surface area contributed by atoms with Crippen LogP contribution in [0.15, 0.2) is 12.4 Å². The third kappa shape index (κ3) is 0.937. The van der Waals surface area contributed by atoms with Crippen molar-refractivity contribution in [1.82, 2.24) is 14.8 Å². The van der Waals surface area contributed by atoms with Gasteiger partial charge in [-0.25, -0.2) is 0 Å². The molecule has 3 rings (SSSR count). The van der Waals surface area contributed by atoms with E-state index in [2.05, 4.69) is 10.1 Å². The van der Waals surface area contributed by atoms with Gasteiger partial charge in [0.1, 0.15) is 5.75 Å². The normalized spacial score (nSPS) is 16.4. The summed E-state index contributed by atoms with van der Waals surface area (Å²) in [6.45, 7) is 1.95. The van der Waals surface area contributed by atoms with Gasteiger partial charge in [0, 0.05) is 0 Å². The molecule has 2 aromatic heterocycles. The zero-order valence-electron chi connectivity index (χ0n) is 7.94. The molecule has 0 atom stereocenters. The molecule has 2 aromatic rings. The number of rotatable bonds is 1. The maximum Gasteiger partial charge on any atom is 0.144 e. The lowest BCUT2D eigenvalue weighted by Gasteiger charge is -2.03. The molecule has 14 heavy (non-hydrogen) atoms. The van der Waals surface area contributed by atoms with Crippen LogP contribution in [0.4, 0.5) is 0 Å². The first-order valence-electron chi connectivity index (χ1n) is 4.79. The Hall–Kier alpha value is -1.58. The molecule has 0 radical (unpaired) electrons. The summed E-state index contributed by atoms with van der Waals surface area (Å²) in [5.41, 5.74) is 1.91. The molecule has 1 N–H and O–H groups in total. The van der Waals surface area contributed by atoms with Gasteiger partial charge in [-0.15, -0.1) is 0 Å². The van der Waals surface area contributed by atoms with Crippen LogP contribution < -0.4 is 0 Å². The zero-order chi connectivity index (χ0) is 9.71. The van der Waals surface area contributed by atoms with Gasteiger partial charge in [0.25, 0.3) is 0 Å². The second-order valence-corrected chi connectivity index (χ2v) is 3.81. The summed E-state index contributed by atoms with van der Waals surface area (Å²) in [4.78, 5) is 4.14. The summed E-state index contributed by atoms with van der Waals surface area (Å²) in [5.74, 6) is 0.220. The number of aromatic hydroxyl groups is 1. The molecule has 0 bridgehead atoms. The summed E-state index contributed by atoms with van der Waals surface area (Å²) >= 11 is 0. The first-order chi connectivity index (χ1) is 6.77. The summed E-state index contributed by atoms with van der Waals surface area (Å²) in [7, 11) is 0. The zero-order valence-corrected chi connectivity index (χ0v) is 7.94. The van der Waals surface area contributed by atoms with Gasteiger partial charge in [0.05, 0.1) is 35.0 Å². The van der Waals surface area contributed by atoms with Crippen LogP contribution in [-0.2, 0) is 0 Å². The van der Waals surface area contributed by atoms with E-state index in [1.807, 2.05) is 11.6 Å². The fourth-order valence-electron chi connectivity index (χ4n) is 1.79. The minimum absolute atomic E-state index is 0.220. The van der Waals surface area contributed by atoms with Crippen LogP contribution in [-0.4, -0.2) is 19.9 Å². The number of aromatic nitrogens is 3. The number of nitrogens with zero attached hydrogens (tertiary/aromatic N) is 3. The number of fused-ring (bicyclic) bond motifs is 1. The van der Waals surface area contributed by atoms with Gasteiger partial charge in [-0.3, -0.25) is 9.67 Å². The van der Waals surface area contributed by atoms with Gasteiger partial charge >= 0.3 is 0 Å². The van der Waals surface area contributed by atoms with Crippen molar-refractivity contribution >= 4 is 10.9 Å². The largest absolute Gasteiger partial charge is 0.506 e. The van der Waals surface area contributed by atoms with Crippen LogP contribution in [0.3, 0.4) is 0 Å². The predicted molar refractivity (Wildman–Crippen MR) is 52.2 cm³/mol. The fourth-order valence-corrected chi connectivity index (χ4v) is 1.79. The van der Waals surface area contributed by atoms with Crippen LogP contribution in [0.25, 0.3) is 10.9 Å². The highest BCUT2D eigenvalue weighted by atomic mass is 16.3. The Balaban J connectivity index is 2.37. The Bertz CT molecular complexity index is 499. The molecular formula is C10H11N3O. The molecule has 1 aliphatic carbocycles. The molecule has 1 saturated carbocycles. The third-order valence-corrected chi connectivity index (χ3v) is 2.69. The van der Waals surface area contributed by atoms with Gasteiger partial charge in [-0.2, -0.15) is 5.10 Å².